The predicted octanol–water partition coefficient (Wildman–Crippen LogP) is -0.324. The van der Waals surface area contributed by atoms with Crippen LogP contribution in [0.25, 0.3) is 0 Å². The smallest absolute Gasteiger partial charge is 0.213 e. The van der Waals surface area contributed by atoms with Crippen molar-refractivity contribution in [2.45, 2.75) is 25.4 Å². The minimum Gasteiger partial charge on any atom is -0.376 e. The Morgan fingerprint density at radius 3 is 2.92 bits per heavy atom. The zero-order chi connectivity index (χ0) is 9.68. The molecule has 1 saturated heterocycles. The highest BCUT2D eigenvalue weighted by Gasteiger charge is 2.16. The zero-order valence-electron chi connectivity index (χ0n) is 8.07. The van der Waals surface area contributed by atoms with Gasteiger partial charge in [-0.3, -0.25) is 0 Å². The maximum atomic E-state index is 5.55. The Balaban J connectivity index is 2.30. The van der Waals surface area contributed by atoms with E-state index in [1.54, 1.807) is 0 Å². The van der Waals surface area contributed by atoms with Gasteiger partial charge in [-0.1, -0.05) is 0 Å². The van der Waals surface area contributed by atoms with Crippen LogP contribution in [0.4, 0.5) is 0 Å². The molecular formula is C8H18N4O. The van der Waals surface area contributed by atoms with Crippen molar-refractivity contribution in [3.05, 3.63) is 0 Å². The fraction of sp³-hybridized carbons (Fsp3) is 0.875. The molecule has 1 heterocycles. The Labute approximate surface area is 78.7 Å². The van der Waals surface area contributed by atoms with Crippen LogP contribution in [-0.4, -0.2) is 37.2 Å². The van der Waals surface area contributed by atoms with Crippen molar-refractivity contribution >= 4 is 5.96 Å². The maximum Gasteiger partial charge on any atom is 0.213 e. The average molecular weight is 186 g/mol. The van der Waals surface area contributed by atoms with E-state index in [2.05, 4.69) is 5.10 Å². The normalized spacial score (nSPS) is 24.4. The van der Waals surface area contributed by atoms with Crippen molar-refractivity contribution in [1.29, 1.82) is 0 Å². The molecule has 1 aliphatic heterocycles. The molecule has 5 heteroatoms. The van der Waals surface area contributed by atoms with Gasteiger partial charge in [-0.2, -0.15) is 0 Å². The van der Waals surface area contributed by atoms with Crippen LogP contribution in [0.1, 0.15) is 19.3 Å². The molecule has 0 aromatic carbocycles. The highest BCUT2D eigenvalue weighted by Crippen LogP contribution is 2.12. The summed E-state index contributed by atoms with van der Waals surface area (Å²) in [5.41, 5.74) is 5.53. The van der Waals surface area contributed by atoms with Gasteiger partial charge in [0.15, 0.2) is 0 Å². The summed E-state index contributed by atoms with van der Waals surface area (Å²) in [6.07, 6.45) is 3.78. The molecule has 0 aliphatic carbocycles. The minimum atomic E-state index is 0.277. The van der Waals surface area contributed by atoms with Gasteiger partial charge in [0.25, 0.3) is 0 Å². The molecule has 1 unspecified atom stereocenters. The van der Waals surface area contributed by atoms with E-state index in [0.29, 0.717) is 5.96 Å². The third-order valence-electron chi connectivity index (χ3n) is 2.27. The van der Waals surface area contributed by atoms with E-state index in [1.165, 1.54) is 12.8 Å². The molecule has 13 heavy (non-hydrogen) atoms. The maximum absolute atomic E-state index is 5.55. The van der Waals surface area contributed by atoms with E-state index < -0.39 is 0 Å². The molecule has 1 rings (SSSR count). The number of hydrazone groups is 1. The molecule has 76 valence electrons. The van der Waals surface area contributed by atoms with Crippen molar-refractivity contribution < 1.29 is 4.74 Å². The van der Waals surface area contributed by atoms with Gasteiger partial charge in [0, 0.05) is 20.2 Å². The summed E-state index contributed by atoms with van der Waals surface area (Å²) in [4.78, 5) is 1.82. The number of hydrogen-bond donors (Lipinski definition) is 2. The number of rotatable bonds is 2. The summed E-state index contributed by atoms with van der Waals surface area (Å²) in [5, 5.41) is 3.42. The summed E-state index contributed by atoms with van der Waals surface area (Å²) in [7, 11) is 1.86. The van der Waals surface area contributed by atoms with E-state index in [4.69, 9.17) is 16.3 Å². The summed E-state index contributed by atoms with van der Waals surface area (Å²) in [5.74, 6) is 5.41. The highest BCUT2D eigenvalue weighted by atomic mass is 16.5. The van der Waals surface area contributed by atoms with Crippen LogP contribution in [0.3, 0.4) is 0 Å². The third-order valence-corrected chi connectivity index (χ3v) is 2.27. The molecule has 1 fully saturated rings. The minimum absolute atomic E-state index is 0.277. The molecule has 4 N–H and O–H groups in total. The van der Waals surface area contributed by atoms with Crippen LogP contribution in [0.5, 0.6) is 0 Å². The van der Waals surface area contributed by atoms with Gasteiger partial charge in [-0.25, -0.2) is 0 Å². The number of ether oxygens (including phenoxy) is 1. The lowest BCUT2D eigenvalue weighted by molar-refractivity contribution is 0.00699. The molecule has 0 aromatic heterocycles. The first-order valence-electron chi connectivity index (χ1n) is 4.60. The first-order chi connectivity index (χ1) is 6.24. The molecule has 0 radical (unpaired) electrons. The Hall–Kier alpha value is -0.970. The monoisotopic (exact) mass is 186 g/mol. The van der Waals surface area contributed by atoms with Gasteiger partial charge in [0.05, 0.1) is 6.10 Å². The number of nitrogens with zero attached hydrogens (tertiary/aromatic N) is 2. The fourth-order valence-electron chi connectivity index (χ4n) is 1.45. The van der Waals surface area contributed by atoms with Crippen LogP contribution in [0.15, 0.2) is 5.10 Å². The Morgan fingerprint density at radius 2 is 2.38 bits per heavy atom. The third kappa shape index (κ3) is 3.10. The number of nitrogens with two attached hydrogens (primary N) is 2. The summed E-state index contributed by atoms with van der Waals surface area (Å²) in [6.45, 7) is 1.63. The largest absolute Gasteiger partial charge is 0.376 e. The van der Waals surface area contributed by atoms with Crippen molar-refractivity contribution in [1.82, 2.24) is 4.90 Å². The van der Waals surface area contributed by atoms with Gasteiger partial charge in [0.2, 0.25) is 5.96 Å². The van der Waals surface area contributed by atoms with Gasteiger partial charge >= 0.3 is 0 Å². The quantitative estimate of drug-likeness (QED) is 0.268. The molecule has 0 bridgehead atoms. The molecule has 0 aromatic rings. The zero-order valence-corrected chi connectivity index (χ0v) is 8.07. The first kappa shape index (κ1) is 10.1. The topological polar surface area (TPSA) is 76.9 Å². The Kier molecular flexibility index (Phi) is 3.82. The molecule has 0 amide bonds. The first-order valence-corrected chi connectivity index (χ1v) is 4.60. The van der Waals surface area contributed by atoms with Crippen molar-refractivity contribution in [2.75, 3.05) is 20.2 Å². The highest BCUT2D eigenvalue weighted by molar-refractivity contribution is 5.77. The van der Waals surface area contributed by atoms with Gasteiger partial charge < -0.3 is 21.2 Å². The van der Waals surface area contributed by atoms with Crippen LogP contribution in [-0.2, 0) is 4.74 Å². The van der Waals surface area contributed by atoms with Gasteiger partial charge in [-0.15, -0.1) is 5.10 Å². The number of hydrogen-bond acceptors (Lipinski definition) is 3. The van der Waals surface area contributed by atoms with Crippen molar-refractivity contribution in [2.24, 2.45) is 16.7 Å². The van der Waals surface area contributed by atoms with Crippen LogP contribution in [0.2, 0.25) is 0 Å². The fourth-order valence-corrected chi connectivity index (χ4v) is 1.45. The van der Waals surface area contributed by atoms with Crippen LogP contribution < -0.4 is 11.6 Å². The molecule has 5 nitrogen and oxygen atoms in total. The van der Waals surface area contributed by atoms with E-state index in [-0.39, 0.29) is 6.10 Å². The predicted molar refractivity (Wildman–Crippen MR) is 52.0 cm³/mol. The summed E-state index contributed by atoms with van der Waals surface area (Å²) in [6, 6.07) is 0. The summed E-state index contributed by atoms with van der Waals surface area (Å²) >= 11 is 0. The molecule has 1 atom stereocenters. The number of guanidine groups is 1. The van der Waals surface area contributed by atoms with E-state index in [9.17, 15) is 0 Å². The van der Waals surface area contributed by atoms with Gasteiger partial charge in [0.1, 0.15) is 0 Å². The van der Waals surface area contributed by atoms with Crippen molar-refractivity contribution in [3.8, 4) is 0 Å². The lowest BCUT2D eigenvalue weighted by atomic mass is 10.1. The van der Waals surface area contributed by atoms with E-state index in [1.807, 2.05) is 11.9 Å². The van der Waals surface area contributed by atoms with E-state index in [0.717, 1.165) is 19.6 Å². The standard InChI is InChI=1S/C8H18N4O/c1-12(8(9)11-10)6-7-4-2-3-5-13-7/h7H,2-6,10H2,1H3,(H2,9,11). The van der Waals surface area contributed by atoms with Crippen molar-refractivity contribution in [3.63, 3.8) is 0 Å². The van der Waals surface area contributed by atoms with Crippen LogP contribution in [0, 0.1) is 0 Å². The second-order valence-corrected chi connectivity index (χ2v) is 3.36. The van der Waals surface area contributed by atoms with E-state index >= 15 is 0 Å². The molecular weight excluding hydrogens is 168 g/mol. The molecule has 1 aliphatic rings. The molecule has 0 saturated carbocycles. The van der Waals surface area contributed by atoms with Gasteiger partial charge in [-0.05, 0) is 19.3 Å². The average Bonchev–Trinajstić information content (AvgIpc) is 2.18. The lowest BCUT2D eigenvalue weighted by Crippen LogP contribution is -2.41. The lowest BCUT2D eigenvalue weighted by Gasteiger charge is -2.27. The molecule has 0 spiro atoms. The summed E-state index contributed by atoms with van der Waals surface area (Å²) < 4.78 is 5.55. The Bertz CT molecular complexity index is 177. The SMILES string of the molecule is CN(CC1CCCCO1)C(N)=NN. The second-order valence-electron chi connectivity index (χ2n) is 3.36. The Morgan fingerprint density at radius 1 is 1.62 bits per heavy atom. The second kappa shape index (κ2) is 4.91. The number of likely N-dealkylation sites (N-methyl/N-ethyl adjacent to an activating group) is 1. The van der Waals surface area contributed by atoms with Crippen LogP contribution >= 0.6 is 0 Å².